The zero-order chi connectivity index (χ0) is 30.2. The lowest BCUT2D eigenvalue weighted by Crippen LogP contribution is -2.55. The van der Waals surface area contributed by atoms with Gasteiger partial charge in [-0.15, -0.1) is 0 Å². The molecule has 0 aliphatic carbocycles. The summed E-state index contributed by atoms with van der Waals surface area (Å²) < 4.78 is 0.879. The number of nitrogens with zero attached hydrogens (tertiary/aromatic N) is 1. The zero-order valence-corrected chi connectivity index (χ0v) is 23.4. The molecule has 0 aliphatic rings. The van der Waals surface area contributed by atoms with Crippen LogP contribution in [0.5, 0.6) is 0 Å². The summed E-state index contributed by atoms with van der Waals surface area (Å²) in [6.45, 7) is 3.73. The van der Waals surface area contributed by atoms with E-state index in [1.54, 1.807) is 72.8 Å². The number of nitrogens with one attached hydrogen (secondary N) is 3. The second-order valence-electron chi connectivity index (χ2n) is 10.6. The maximum atomic E-state index is 13.9. The molecule has 2 amide bonds. The minimum Gasteiger partial charge on any atom is -0.480 e. The Morgan fingerprint density at radius 3 is 1.90 bits per heavy atom. The van der Waals surface area contributed by atoms with E-state index >= 15 is 0 Å². The van der Waals surface area contributed by atoms with Crippen molar-refractivity contribution in [1.82, 2.24) is 20.2 Å². The summed E-state index contributed by atoms with van der Waals surface area (Å²) in [7, 11) is 0. The lowest BCUT2D eigenvalue weighted by Gasteiger charge is -2.26. The minimum absolute atomic E-state index is 0.00970. The number of hydrogen-bond acceptors (Lipinski definition) is 5. The van der Waals surface area contributed by atoms with Crippen LogP contribution in [0.15, 0.2) is 94.5 Å². The van der Waals surface area contributed by atoms with Crippen molar-refractivity contribution in [3.8, 4) is 0 Å². The van der Waals surface area contributed by atoms with E-state index in [4.69, 9.17) is 0 Å². The number of H-pyrrole nitrogens is 1. The van der Waals surface area contributed by atoms with Gasteiger partial charge < -0.3 is 20.7 Å². The average molecular weight is 571 g/mol. The van der Waals surface area contributed by atoms with E-state index < -0.39 is 47.2 Å². The predicted octanol–water partition coefficient (Wildman–Crippen LogP) is 2.82. The number of amides is 2. The van der Waals surface area contributed by atoms with Gasteiger partial charge in [-0.2, -0.15) is 0 Å². The third kappa shape index (κ3) is 7.39. The first-order valence-electron chi connectivity index (χ1n) is 13.8. The van der Waals surface area contributed by atoms with Crippen molar-refractivity contribution in [3.05, 3.63) is 117 Å². The van der Waals surface area contributed by atoms with Gasteiger partial charge in [0.05, 0.1) is 10.9 Å². The largest absolute Gasteiger partial charge is 0.480 e. The maximum Gasteiger partial charge on any atom is 0.329 e. The van der Waals surface area contributed by atoms with Crippen LogP contribution in [0.3, 0.4) is 0 Å². The highest BCUT2D eigenvalue weighted by Crippen LogP contribution is 2.16. The van der Waals surface area contributed by atoms with Crippen molar-refractivity contribution < 1.29 is 19.5 Å². The fourth-order valence-electron chi connectivity index (χ4n) is 4.89. The average Bonchev–Trinajstić information content (AvgIpc) is 2.96. The molecule has 3 atom stereocenters. The van der Waals surface area contributed by atoms with E-state index in [1.165, 1.54) is 0 Å². The number of carboxylic acid groups (broad SMARTS) is 1. The van der Waals surface area contributed by atoms with E-state index in [2.05, 4.69) is 15.6 Å². The maximum absolute atomic E-state index is 13.9. The standard InChI is InChI=1S/C32H34N4O6/c1-20(2)17-25(28(37)34-26(31(40)41)18-21-11-5-3-6-12-21)33-29(38)27(19-22-13-7-4-8-14-22)36-30(39)23-15-9-10-16-24(23)35-32(36)42/h3-16,20,25-27H,17-19H2,1-2H3,(H,33,38)(H,34,37)(H,35,42)(H,40,41). The molecular formula is C32H34N4O6. The number of carbonyl (C=O) groups excluding carboxylic acids is 2. The lowest BCUT2D eigenvalue weighted by atomic mass is 10.00. The highest BCUT2D eigenvalue weighted by Gasteiger charge is 2.32. The van der Waals surface area contributed by atoms with Crippen LogP contribution in [0.4, 0.5) is 0 Å². The van der Waals surface area contributed by atoms with E-state index in [0.29, 0.717) is 11.1 Å². The summed E-state index contributed by atoms with van der Waals surface area (Å²) in [5.41, 5.74) is 0.388. The minimum atomic E-state index is -1.28. The number of aromatic amines is 1. The van der Waals surface area contributed by atoms with Crippen LogP contribution in [0.25, 0.3) is 10.9 Å². The third-order valence-electron chi connectivity index (χ3n) is 6.96. The van der Waals surface area contributed by atoms with Crippen molar-refractivity contribution >= 4 is 28.7 Å². The molecule has 4 N–H and O–H groups in total. The molecule has 0 saturated heterocycles. The van der Waals surface area contributed by atoms with Crippen molar-refractivity contribution in [1.29, 1.82) is 0 Å². The number of benzene rings is 3. The molecule has 1 aromatic heterocycles. The van der Waals surface area contributed by atoms with E-state index in [9.17, 15) is 29.1 Å². The molecule has 10 heteroatoms. The monoisotopic (exact) mass is 570 g/mol. The van der Waals surface area contributed by atoms with E-state index in [-0.39, 0.29) is 30.6 Å². The molecule has 0 radical (unpaired) electrons. The van der Waals surface area contributed by atoms with Gasteiger partial charge in [-0.25, -0.2) is 14.2 Å². The molecule has 4 rings (SSSR count). The van der Waals surface area contributed by atoms with Crippen LogP contribution in [0, 0.1) is 5.92 Å². The van der Waals surface area contributed by atoms with Crippen molar-refractivity contribution in [2.24, 2.45) is 5.92 Å². The van der Waals surface area contributed by atoms with Crippen LogP contribution in [0.2, 0.25) is 0 Å². The molecule has 0 saturated carbocycles. The molecule has 218 valence electrons. The fourth-order valence-corrected chi connectivity index (χ4v) is 4.89. The Balaban J connectivity index is 1.66. The van der Waals surface area contributed by atoms with Crippen LogP contribution >= 0.6 is 0 Å². The quantitative estimate of drug-likeness (QED) is 0.206. The van der Waals surface area contributed by atoms with Crippen molar-refractivity contribution in [2.45, 2.75) is 51.2 Å². The first kappa shape index (κ1) is 30.0. The summed E-state index contributed by atoms with van der Waals surface area (Å²) in [6, 6.07) is 20.7. The number of carbonyl (C=O) groups is 3. The first-order chi connectivity index (χ1) is 20.1. The Bertz CT molecular complexity index is 1660. The number of hydrogen-bond donors (Lipinski definition) is 4. The van der Waals surface area contributed by atoms with Crippen LogP contribution in [-0.2, 0) is 27.2 Å². The predicted molar refractivity (Wildman–Crippen MR) is 159 cm³/mol. The second kappa shape index (κ2) is 13.6. The molecule has 10 nitrogen and oxygen atoms in total. The van der Waals surface area contributed by atoms with Crippen LogP contribution in [-0.4, -0.2) is 44.5 Å². The third-order valence-corrected chi connectivity index (χ3v) is 6.96. The van der Waals surface area contributed by atoms with Gasteiger partial charge >= 0.3 is 11.7 Å². The number of fused-ring (bicyclic) bond motifs is 1. The zero-order valence-electron chi connectivity index (χ0n) is 23.4. The van der Waals surface area contributed by atoms with Gasteiger partial charge in [-0.1, -0.05) is 86.6 Å². The first-order valence-corrected chi connectivity index (χ1v) is 13.8. The highest BCUT2D eigenvalue weighted by molar-refractivity contribution is 5.91. The molecule has 0 spiro atoms. The molecular weight excluding hydrogens is 536 g/mol. The van der Waals surface area contributed by atoms with E-state index in [1.807, 2.05) is 26.0 Å². The summed E-state index contributed by atoms with van der Waals surface area (Å²) in [6.07, 6.45) is 0.273. The molecule has 0 bridgehead atoms. The lowest BCUT2D eigenvalue weighted by molar-refractivity contribution is -0.142. The smallest absolute Gasteiger partial charge is 0.329 e. The molecule has 4 aromatic rings. The normalized spacial score (nSPS) is 13.3. The Kier molecular flexibility index (Phi) is 9.69. The van der Waals surface area contributed by atoms with Gasteiger partial charge in [0.1, 0.15) is 18.1 Å². The SMILES string of the molecule is CC(C)CC(NC(=O)C(Cc1ccccc1)n1c(=O)[nH]c2ccccc2c1=O)C(=O)NC(Cc1ccccc1)C(=O)O. The van der Waals surface area contributed by atoms with Crippen molar-refractivity contribution in [3.63, 3.8) is 0 Å². The molecule has 1 heterocycles. The highest BCUT2D eigenvalue weighted by atomic mass is 16.4. The molecule has 3 aromatic carbocycles. The summed E-state index contributed by atoms with van der Waals surface area (Å²) in [5, 5.41) is 15.3. The molecule has 0 aliphatic heterocycles. The summed E-state index contributed by atoms with van der Waals surface area (Å²) in [4.78, 5) is 68.6. The Labute approximate surface area is 242 Å². The summed E-state index contributed by atoms with van der Waals surface area (Å²) in [5.74, 6) is -2.63. The van der Waals surface area contributed by atoms with Gasteiger partial charge in [0, 0.05) is 12.8 Å². The van der Waals surface area contributed by atoms with Gasteiger partial charge in [0.2, 0.25) is 11.8 Å². The molecule has 3 unspecified atom stereocenters. The van der Waals surface area contributed by atoms with Gasteiger partial charge in [0.15, 0.2) is 0 Å². The molecule has 42 heavy (non-hydrogen) atoms. The number of carboxylic acids is 1. The topological polar surface area (TPSA) is 150 Å². The second-order valence-corrected chi connectivity index (χ2v) is 10.6. The van der Waals surface area contributed by atoms with Crippen LogP contribution < -0.4 is 21.9 Å². The Morgan fingerprint density at radius 1 is 0.762 bits per heavy atom. The van der Waals surface area contributed by atoms with Gasteiger partial charge in [-0.05, 0) is 35.6 Å². The number of para-hydroxylation sites is 1. The number of aliphatic carboxylic acids is 1. The number of rotatable bonds is 12. The Morgan fingerprint density at radius 2 is 1.31 bits per heavy atom. The molecule has 0 fully saturated rings. The van der Waals surface area contributed by atoms with Gasteiger partial charge in [0.25, 0.3) is 5.56 Å². The van der Waals surface area contributed by atoms with Crippen molar-refractivity contribution in [2.75, 3.05) is 0 Å². The van der Waals surface area contributed by atoms with Crippen LogP contribution in [0.1, 0.15) is 37.4 Å². The summed E-state index contributed by atoms with van der Waals surface area (Å²) >= 11 is 0. The fraction of sp³-hybridized carbons (Fsp3) is 0.281. The van der Waals surface area contributed by atoms with E-state index in [0.717, 1.165) is 10.1 Å². The Hall–Kier alpha value is -4.99. The number of aromatic nitrogens is 2. The van der Waals surface area contributed by atoms with Gasteiger partial charge in [-0.3, -0.25) is 14.4 Å².